The van der Waals surface area contributed by atoms with Gasteiger partial charge in [-0.2, -0.15) is 0 Å². The van der Waals surface area contributed by atoms with Crippen LogP contribution in [0.15, 0.2) is 54.6 Å². The third-order valence-corrected chi connectivity index (χ3v) is 5.73. The highest BCUT2D eigenvalue weighted by atomic mass is 19.1. The first-order chi connectivity index (χ1) is 15.8. The van der Waals surface area contributed by atoms with Crippen LogP contribution in [0.1, 0.15) is 34.0 Å². The number of hydrogen-bond donors (Lipinski definition) is 1. The predicted molar refractivity (Wildman–Crippen MR) is 124 cm³/mol. The number of ether oxygens (including phenoxy) is 2. The molecule has 0 aliphatic carbocycles. The maximum absolute atomic E-state index is 14.7. The van der Waals surface area contributed by atoms with Crippen LogP contribution in [-0.2, 0) is 17.6 Å². The SMILES string of the molecule is COc1cccc(CC(=O)NC[C@H]2Cc3cc(C)cc(-c4cc(C(C)=O)ccc4F)c3O2)c1. The molecule has 5 nitrogen and oxygen atoms in total. The van der Waals surface area contributed by atoms with Crippen molar-refractivity contribution >= 4 is 11.7 Å². The van der Waals surface area contributed by atoms with E-state index in [1.165, 1.54) is 19.1 Å². The average Bonchev–Trinajstić information content (AvgIpc) is 3.20. The predicted octanol–water partition coefficient (Wildman–Crippen LogP) is 4.67. The van der Waals surface area contributed by atoms with E-state index in [1.54, 1.807) is 13.2 Å². The van der Waals surface area contributed by atoms with Gasteiger partial charge in [0, 0.05) is 23.1 Å². The molecule has 3 aromatic rings. The Morgan fingerprint density at radius 1 is 1.12 bits per heavy atom. The number of aryl methyl sites for hydroxylation is 1. The Hall–Kier alpha value is -3.67. The van der Waals surface area contributed by atoms with Crippen LogP contribution in [0.4, 0.5) is 4.39 Å². The van der Waals surface area contributed by atoms with Crippen molar-refractivity contribution in [2.75, 3.05) is 13.7 Å². The molecule has 0 saturated carbocycles. The molecule has 0 bridgehead atoms. The van der Waals surface area contributed by atoms with Crippen LogP contribution in [0.25, 0.3) is 11.1 Å². The van der Waals surface area contributed by atoms with Gasteiger partial charge in [0.2, 0.25) is 5.91 Å². The summed E-state index contributed by atoms with van der Waals surface area (Å²) < 4.78 is 26.1. The third-order valence-electron chi connectivity index (χ3n) is 5.73. The van der Waals surface area contributed by atoms with Crippen molar-refractivity contribution < 1.29 is 23.5 Å². The van der Waals surface area contributed by atoms with Crippen molar-refractivity contribution in [1.82, 2.24) is 5.32 Å². The second-order valence-electron chi connectivity index (χ2n) is 8.33. The Balaban J connectivity index is 1.48. The molecule has 170 valence electrons. The maximum atomic E-state index is 14.7. The number of carbonyl (C=O) groups is 2. The zero-order valence-electron chi connectivity index (χ0n) is 18.9. The second kappa shape index (κ2) is 9.45. The topological polar surface area (TPSA) is 64.6 Å². The van der Waals surface area contributed by atoms with Gasteiger partial charge in [-0.15, -0.1) is 0 Å². The van der Waals surface area contributed by atoms with E-state index in [0.717, 1.165) is 16.7 Å². The summed E-state index contributed by atoms with van der Waals surface area (Å²) in [7, 11) is 1.59. The zero-order chi connectivity index (χ0) is 23.5. The number of amides is 1. The van der Waals surface area contributed by atoms with Crippen molar-refractivity contribution in [3.05, 3.63) is 82.7 Å². The van der Waals surface area contributed by atoms with Crippen molar-refractivity contribution in [1.29, 1.82) is 0 Å². The van der Waals surface area contributed by atoms with Gasteiger partial charge in [0.15, 0.2) is 5.78 Å². The number of fused-ring (bicyclic) bond motifs is 1. The number of benzene rings is 3. The number of carbonyl (C=O) groups excluding carboxylic acids is 2. The molecule has 1 aliphatic rings. The lowest BCUT2D eigenvalue weighted by molar-refractivity contribution is -0.120. The first kappa shape index (κ1) is 22.5. The number of hydrogen-bond acceptors (Lipinski definition) is 4. The fraction of sp³-hybridized carbons (Fsp3) is 0.259. The van der Waals surface area contributed by atoms with Crippen molar-refractivity contribution in [2.45, 2.75) is 32.8 Å². The van der Waals surface area contributed by atoms with E-state index in [-0.39, 0.29) is 24.2 Å². The molecule has 0 fully saturated rings. The Kier molecular flexibility index (Phi) is 6.45. The molecule has 1 N–H and O–H groups in total. The Labute approximate surface area is 192 Å². The molecular weight excluding hydrogens is 421 g/mol. The van der Waals surface area contributed by atoms with E-state index in [2.05, 4.69) is 5.32 Å². The number of nitrogens with one attached hydrogen (secondary N) is 1. The van der Waals surface area contributed by atoms with Gasteiger partial charge in [-0.05, 0) is 66.9 Å². The van der Waals surface area contributed by atoms with E-state index in [4.69, 9.17) is 9.47 Å². The molecule has 3 aromatic carbocycles. The van der Waals surface area contributed by atoms with E-state index in [9.17, 15) is 14.0 Å². The van der Waals surface area contributed by atoms with Gasteiger partial charge >= 0.3 is 0 Å². The summed E-state index contributed by atoms with van der Waals surface area (Å²) in [5.74, 6) is 0.662. The number of Topliss-reactive ketones (excluding diaryl/α,β-unsaturated/α-hetero) is 1. The number of rotatable bonds is 7. The molecule has 33 heavy (non-hydrogen) atoms. The van der Waals surface area contributed by atoms with Gasteiger partial charge in [-0.1, -0.05) is 18.2 Å². The molecule has 1 atom stereocenters. The molecule has 0 spiro atoms. The van der Waals surface area contributed by atoms with E-state index in [0.29, 0.717) is 41.2 Å². The van der Waals surface area contributed by atoms with Gasteiger partial charge in [0.1, 0.15) is 23.4 Å². The minimum absolute atomic E-state index is 0.112. The highest BCUT2D eigenvalue weighted by Gasteiger charge is 2.28. The molecule has 1 amide bonds. The van der Waals surface area contributed by atoms with Crippen LogP contribution in [0.3, 0.4) is 0 Å². The summed E-state index contributed by atoms with van der Waals surface area (Å²) in [6, 6.07) is 15.6. The Morgan fingerprint density at radius 2 is 1.94 bits per heavy atom. The highest BCUT2D eigenvalue weighted by Crippen LogP contribution is 2.41. The highest BCUT2D eigenvalue weighted by molar-refractivity contribution is 5.95. The third kappa shape index (κ3) is 5.06. The number of methoxy groups -OCH3 is 1. The minimum atomic E-state index is -0.411. The number of ketones is 1. The fourth-order valence-corrected chi connectivity index (χ4v) is 4.12. The zero-order valence-corrected chi connectivity index (χ0v) is 18.9. The summed E-state index contributed by atoms with van der Waals surface area (Å²) in [5.41, 5.74) is 4.20. The van der Waals surface area contributed by atoms with Gasteiger partial charge in [0.25, 0.3) is 0 Å². The lowest BCUT2D eigenvalue weighted by Crippen LogP contribution is -2.35. The standard InChI is InChI=1S/C27H26FNO4/c1-16-9-20-13-22(15-29-26(31)12-18-5-4-6-21(11-18)32-3)33-27(20)24(10-16)23-14-19(17(2)30)7-8-25(23)28/h4-11,14,22H,12-13,15H2,1-3H3,(H,29,31)/t22-/m1/s1. The van der Waals surface area contributed by atoms with E-state index < -0.39 is 5.82 Å². The van der Waals surface area contributed by atoms with Crippen molar-refractivity contribution in [2.24, 2.45) is 0 Å². The first-order valence-electron chi connectivity index (χ1n) is 10.8. The maximum Gasteiger partial charge on any atom is 0.224 e. The van der Waals surface area contributed by atoms with Crippen LogP contribution in [-0.4, -0.2) is 31.4 Å². The van der Waals surface area contributed by atoms with E-state index >= 15 is 0 Å². The quantitative estimate of drug-likeness (QED) is 0.535. The molecule has 0 unspecified atom stereocenters. The summed E-state index contributed by atoms with van der Waals surface area (Å²) in [5, 5.41) is 2.93. The summed E-state index contributed by atoms with van der Waals surface area (Å²) in [6.07, 6.45) is 0.593. The molecule has 0 aromatic heterocycles. The smallest absolute Gasteiger partial charge is 0.224 e. The van der Waals surface area contributed by atoms with Crippen molar-refractivity contribution in [3.8, 4) is 22.6 Å². The number of halogens is 1. The fourth-order valence-electron chi connectivity index (χ4n) is 4.12. The van der Waals surface area contributed by atoms with Crippen molar-refractivity contribution in [3.63, 3.8) is 0 Å². The molecule has 4 rings (SSSR count). The Bertz CT molecular complexity index is 1220. The van der Waals surface area contributed by atoms with Crippen LogP contribution in [0.2, 0.25) is 0 Å². The van der Waals surface area contributed by atoms with Crippen LogP contribution in [0, 0.1) is 12.7 Å². The average molecular weight is 448 g/mol. The second-order valence-corrected chi connectivity index (χ2v) is 8.33. The van der Waals surface area contributed by atoms with E-state index in [1.807, 2.05) is 43.3 Å². The summed E-state index contributed by atoms with van der Waals surface area (Å²) >= 11 is 0. The molecule has 1 heterocycles. The normalized spacial score (nSPS) is 14.4. The lowest BCUT2D eigenvalue weighted by Gasteiger charge is -2.15. The molecular formula is C27H26FNO4. The van der Waals surface area contributed by atoms with Gasteiger partial charge < -0.3 is 14.8 Å². The molecule has 0 radical (unpaired) electrons. The molecule has 1 aliphatic heterocycles. The minimum Gasteiger partial charge on any atom is -0.497 e. The van der Waals surface area contributed by atoms with Crippen LogP contribution in [0.5, 0.6) is 11.5 Å². The van der Waals surface area contributed by atoms with Crippen LogP contribution >= 0.6 is 0 Å². The van der Waals surface area contributed by atoms with Crippen LogP contribution < -0.4 is 14.8 Å². The molecule has 6 heteroatoms. The van der Waals surface area contributed by atoms with Gasteiger partial charge in [-0.3, -0.25) is 9.59 Å². The summed E-state index contributed by atoms with van der Waals surface area (Å²) in [6.45, 7) is 3.74. The molecule has 0 saturated heterocycles. The largest absolute Gasteiger partial charge is 0.497 e. The first-order valence-corrected chi connectivity index (χ1v) is 10.8. The monoisotopic (exact) mass is 447 g/mol. The lowest BCUT2D eigenvalue weighted by atomic mass is 9.95. The summed E-state index contributed by atoms with van der Waals surface area (Å²) in [4.78, 5) is 24.2. The van der Waals surface area contributed by atoms with Gasteiger partial charge in [0.05, 0.1) is 20.1 Å². The Morgan fingerprint density at radius 3 is 2.70 bits per heavy atom. The van der Waals surface area contributed by atoms with Gasteiger partial charge in [-0.25, -0.2) is 4.39 Å².